The zero-order valence-electron chi connectivity index (χ0n) is 9.50. The van der Waals surface area contributed by atoms with E-state index in [2.05, 4.69) is 37.7 Å². The van der Waals surface area contributed by atoms with E-state index < -0.39 is 0 Å². The molecule has 0 atom stereocenters. The van der Waals surface area contributed by atoms with Gasteiger partial charge in [-0.05, 0) is 16.9 Å². The maximum Gasteiger partial charge on any atom is 0.221 e. The van der Waals surface area contributed by atoms with E-state index in [4.69, 9.17) is 17.3 Å². The molecule has 1 heterocycles. The van der Waals surface area contributed by atoms with Crippen LogP contribution in [0.1, 0.15) is 39.3 Å². The molecule has 1 aliphatic rings. The second-order valence-corrected chi connectivity index (χ2v) is 5.74. The van der Waals surface area contributed by atoms with E-state index >= 15 is 0 Å². The van der Waals surface area contributed by atoms with Crippen molar-refractivity contribution in [3.8, 4) is 0 Å². The molecule has 82 valence electrons. The summed E-state index contributed by atoms with van der Waals surface area (Å²) in [4.78, 5) is 8.14. The highest BCUT2D eigenvalue weighted by Gasteiger charge is 2.65. The molecule has 1 fully saturated rings. The van der Waals surface area contributed by atoms with Gasteiger partial charge in [0.2, 0.25) is 5.95 Å². The summed E-state index contributed by atoms with van der Waals surface area (Å²) in [6.45, 7) is 8.96. The third-order valence-electron chi connectivity index (χ3n) is 4.05. The van der Waals surface area contributed by atoms with Crippen molar-refractivity contribution in [1.82, 2.24) is 9.97 Å². The monoisotopic (exact) mass is 225 g/mol. The van der Waals surface area contributed by atoms with Crippen LogP contribution in [0.3, 0.4) is 0 Å². The fourth-order valence-electron chi connectivity index (χ4n) is 2.54. The number of rotatable bonds is 1. The maximum atomic E-state index is 5.88. The van der Waals surface area contributed by atoms with Gasteiger partial charge in [0.1, 0.15) is 5.15 Å². The summed E-state index contributed by atoms with van der Waals surface area (Å²) >= 11 is 5.88. The second-order valence-electron chi connectivity index (χ2n) is 5.35. The van der Waals surface area contributed by atoms with E-state index in [0.29, 0.717) is 11.1 Å². The van der Waals surface area contributed by atoms with Crippen LogP contribution in [0.2, 0.25) is 5.15 Å². The lowest BCUT2D eigenvalue weighted by atomic mass is 10.0. The van der Waals surface area contributed by atoms with E-state index in [1.807, 2.05) is 6.07 Å². The van der Waals surface area contributed by atoms with Gasteiger partial charge in [0.15, 0.2) is 0 Å². The predicted octanol–water partition coefficient (Wildman–Crippen LogP) is 2.86. The summed E-state index contributed by atoms with van der Waals surface area (Å²) in [5.74, 6) is 0.670. The van der Waals surface area contributed by atoms with Crippen LogP contribution in [0.4, 0.5) is 5.95 Å². The molecule has 2 N–H and O–H groups in total. The third-order valence-corrected chi connectivity index (χ3v) is 4.24. The molecular formula is C11H16ClN3. The molecule has 1 aromatic rings. The van der Waals surface area contributed by atoms with Crippen LogP contribution in [0.15, 0.2) is 6.07 Å². The largest absolute Gasteiger partial charge is 0.368 e. The zero-order chi connectivity index (χ0) is 11.4. The topological polar surface area (TPSA) is 51.8 Å². The van der Waals surface area contributed by atoms with Crippen LogP contribution in [0.5, 0.6) is 0 Å². The molecule has 3 nitrogen and oxygen atoms in total. The first-order valence-electron chi connectivity index (χ1n) is 5.07. The van der Waals surface area contributed by atoms with Crippen molar-refractivity contribution in [1.29, 1.82) is 0 Å². The maximum absolute atomic E-state index is 5.88. The van der Waals surface area contributed by atoms with Gasteiger partial charge in [-0.25, -0.2) is 9.97 Å². The number of halogens is 1. The molecule has 15 heavy (non-hydrogen) atoms. The molecule has 0 amide bonds. The highest BCUT2D eigenvalue weighted by molar-refractivity contribution is 6.29. The molecule has 1 aliphatic carbocycles. The third kappa shape index (κ3) is 1.41. The van der Waals surface area contributed by atoms with Gasteiger partial charge in [-0.2, -0.15) is 0 Å². The number of anilines is 1. The summed E-state index contributed by atoms with van der Waals surface area (Å²) in [6.07, 6.45) is 0. The number of nitrogens with two attached hydrogens (primary N) is 1. The molecule has 0 spiro atoms. The van der Waals surface area contributed by atoms with Crippen molar-refractivity contribution in [2.45, 2.75) is 33.6 Å². The van der Waals surface area contributed by atoms with Crippen molar-refractivity contribution in [3.63, 3.8) is 0 Å². The summed E-state index contributed by atoms with van der Waals surface area (Å²) < 4.78 is 0. The fraction of sp³-hybridized carbons (Fsp3) is 0.636. The highest BCUT2D eigenvalue weighted by Crippen LogP contribution is 2.73. The Morgan fingerprint density at radius 3 is 2.13 bits per heavy atom. The minimum absolute atomic E-state index is 0.247. The van der Waals surface area contributed by atoms with Gasteiger partial charge in [0.05, 0.1) is 5.69 Å². The van der Waals surface area contributed by atoms with Crippen molar-refractivity contribution in [2.75, 3.05) is 5.73 Å². The fourth-order valence-corrected chi connectivity index (χ4v) is 2.74. The average molecular weight is 226 g/mol. The van der Waals surface area contributed by atoms with E-state index in [1.54, 1.807) is 0 Å². The molecule has 0 aliphatic heterocycles. The van der Waals surface area contributed by atoms with Crippen molar-refractivity contribution < 1.29 is 0 Å². The lowest BCUT2D eigenvalue weighted by Crippen LogP contribution is -2.00. The summed E-state index contributed by atoms with van der Waals surface area (Å²) in [6, 6.07) is 1.82. The van der Waals surface area contributed by atoms with Crippen LogP contribution in [0, 0.1) is 10.8 Å². The minimum atomic E-state index is 0.247. The van der Waals surface area contributed by atoms with Crippen LogP contribution < -0.4 is 5.73 Å². The zero-order valence-corrected chi connectivity index (χ0v) is 10.3. The van der Waals surface area contributed by atoms with Gasteiger partial charge in [0.25, 0.3) is 0 Å². The summed E-state index contributed by atoms with van der Waals surface area (Å²) in [7, 11) is 0. The van der Waals surface area contributed by atoms with Crippen LogP contribution in [0.25, 0.3) is 0 Å². The van der Waals surface area contributed by atoms with E-state index in [9.17, 15) is 0 Å². The molecular weight excluding hydrogens is 210 g/mol. The number of hydrogen-bond donors (Lipinski definition) is 1. The Hall–Kier alpha value is -0.830. The summed E-state index contributed by atoms with van der Waals surface area (Å²) in [5, 5.41) is 0.427. The Labute approximate surface area is 95.1 Å². The Balaban J connectivity index is 2.41. The molecule has 0 bridgehead atoms. The van der Waals surface area contributed by atoms with Crippen LogP contribution >= 0.6 is 11.6 Å². The number of hydrogen-bond acceptors (Lipinski definition) is 3. The van der Waals surface area contributed by atoms with Gasteiger partial charge in [0, 0.05) is 5.92 Å². The predicted molar refractivity (Wildman–Crippen MR) is 61.8 cm³/mol. The highest BCUT2D eigenvalue weighted by atomic mass is 35.5. The first-order chi connectivity index (χ1) is 6.76. The van der Waals surface area contributed by atoms with Gasteiger partial charge in [-0.15, -0.1) is 0 Å². The smallest absolute Gasteiger partial charge is 0.221 e. The molecule has 1 aromatic heterocycles. The number of nitrogens with zero attached hydrogens (tertiary/aromatic N) is 2. The Kier molecular flexibility index (Phi) is 2.03. The molecule has 1 saturated carbocycles. The Morgan fingerprint density at radius 1 is 1.20 bits per heavy atom. The van der Waals surface area contributed by atoms with Crippen molar-refractivity contribution in [2.24, 2.45) is 10.8 Å². The van der Waals surface area contributed by atoms with Crippen molar-refractivity contribution in [3.05, 3.63) is 16.9 Å². The number of aromatic nitrogens is 2. The first-order valence-corrected chi connectivity index (χ1v) is 5.44. The van der Waals surface area contributed by atoms with Crippen LogP contribution in [-0.4, -0.2) is 9.97 Å². The van der Waals surface area contributed by atoms with Gasteiger partial charge < -0.3 is 5.73 Å². The quantitative estimate of drug-likeness (QED) is 0.748. The number of nitrogen functional groups attached to an aromatic ring is 1. The molecule has 4 heteroatoms. The lowest BCUT2D eigenvalue weighted by Gasteiger charge is -2.03. The lowest BCUT2D eigenvalue weighted by molar-refractivity contribution is 0.457. The van der Waals surface area contributed by atoms with Gasteiger partial charge in [-0.3, -0.25) is 0 Å². The molecule has 0 unspecified atom stereocenters. The van der Waals surface area contributed by atoms with E-state index in [0.717, 1.165) is 5.69 Å². The average Bonchev–Trinajstić information content (AvgIpc) is 2.39. The van der Waals surface area contributed by atoms with E-state index in [1.165, 1.54) is 0 Å². The van der Waals surface area contributed by atoms with Gasteiger partial charge >= 0.3 is 0 Å². The Morgan fingerprint density at radius 2 is 1.73 bits per heavy atom. The molecule has 0 aromatic carbocycles. The minimum Gasteiger partial charge on any atom is -0.368 e. The van der Waals surface area contributed by atoms with Gasteiger partial charge in [-0.1, -0.05) is 39.3 Å². The Bertz CT molecular complexity index is 378. The van der Waals surface area contributed by atoms with Crippen LogP contribution in [-0.2, 0) is 0 Å². The van der Waals surface area contributed by atoms with E-state index in [-0.39, 0.29) is 16.8 Å². The normalized spacial score (nSPS) is 22.7. The second kappa shape index (κ2) is 2.85. The summed E-state index contributed by atoms with van der Waals surface area (Å²) in [5.41, 5.74) is 7.05. The van der Waals surface area contributed by atoms with Crippen molar-refractivity contribution >= 4 is 17.5 Å². The molecule has 0 radical (unpaired) electrons. The first kappa shape index (κ1) is 10.7. The SMILES string of the molecule is CC1(C)C(c2cc(Cl)nc(N)n2)C1(C)C. The molecule has 0 saturated heterocycles. The standard InChI is InChI=1S/C11H16ClN3/c1-10(2)8(11(10,3)4)6-5-7(12)15-9(13)14-6/h5,8H,1-4H3,(H2,13,14,15). The molecule has 2 rings (SSSR count).